The van der Waals surface area contributed by atoms with Crippen LogP contribution in [0.3, 0.4) is 0 Å². The fourth-order valence-electron chi connectivity index (χ4n) is 3.81. The molecule has 0 aliphatic heterocycles. The number of pyridine rings is 2. The van der Waals surface area contributed by atoms with Crippen LogP contribution in [0.2, 0.25) is 0 Å². The van der Waals surface area contributed by atoms with E-state index in [1.807, 2.05) is 36.9 Å². The van der Waals surface area contributed by atoms with Gasteiger partial charge in [-0.25, -0.2) is 4.57 Å². The molecule has 0 unspecified atom stereocenters. The van der Waals surface area contributed by atoms with E-state index in [2.05, 4.69) is 81.3 Å². The molecule has 0 saturated heterocycles. The first-order valence-corrected chi connectivity index (χ1v) is 8.94. The number of benzene rings is 2. The molecule has 3 nitrogen and oxygen atoms in total. The van der Waals surface area contributed by atoms with Crippen molar-refractivity contribution in [2.45, 2.75) is 0 Å². The first-order valence-electron chi connectivity index (χ1n) is 8.94. The van der Waals surface area contributed by atoms with Crippen molar-refractivity contribution in [3.63, 3.8) is 0 Å². The molecular formula is C24H18N3+. The summed E-state index contributed by atoms with van der Waals surface area (Å²) in [6.07, 6.45) is 9.78. The number of fused-ring (bicyclic) bond motifs is 3. The zero-order valence-electron chi connectivity index (χ0n) is 14.8. The highest BCUT2D eigenvalue weighted by Crippen LogP contribution is 2.39. The van der Waals surface area contributed by atoms with Gasteiger partial charge in [-0.05, 0) is 11.1 Å². The summed E-state index contributed by atoms with van der Waals surface area (Å²) in [6, 6.07) is 23.1. The van der Waals surface area contributed by atoms with Crippen LogP contribution in [0, 0.1) is 0 Å². The van der Waals surface area contributed by atoms with Gasteiger partial charge in [-0.2, -0.15) is 4.40 Å². The van der Waals surface area contributed by atoms with Gasteiger partial charge in [-0.15, -0.1) is 0 Å². The van der Waals surface area contributed by atoms with Gasteiger partial charge in [0.15, 0.2) is 0 Å². The average Bonchev–Trinajstić information content (AvgIpc) is 3.18. The van der Waals surface area contributed by atoms with Gasteiger partial charge in [-0.3, -0.25) is 4.98 Å². The topological polar surface area (TPSA) is 21.2 Å². The van der Waals surface area contributed by atoms with Gasteiger partial charge in [0, 0.05) is 29.4 Å². The number of aromatic nitrogens is 3. The third kappa shape index (κ3) is 2.36. The highest BCUT2D eigenvalue weighted by molar-refractivity contribution is 6.06. The van der Waals surface area contributed by atoms with Crippen LogP contribution < -0.4 is 4.57 Å². The van der Waals surface area contributed by atoms with Crippen molar-refractivity contribution < 1.29 is 4.57 Å². The van der Waals surface area contributed by atoms with E-state index in [0.29, 0.717) is 0 Å². The van der Waals surface area contributed by atoms with Crippen LogP contribution >= 0.6 is 0 Å². The molecule has 0 amide bonds. The molecule has 0 fully saturated rings. The van der Waals surface area contributed by atoms with E-state index in [-0.39, 0.29) is 0 Å². The van der Waals surface area contributed by atoms with Crippen molar-refractivity contribution in [3.05, 3.63) is 98.1 Å². The van der Waals surface area contributed by atoms with Crippen LogP contribution in [0.1, 0.15) is 0 Å². The van der Waals surface area contributed by atoms with Crippen LogP contribution in [0.15, 0.2) is 98.1 Å². The largest absolute Gasteiger partial charge is 0.300 e. The Morgan fingerprint density at radius 3 is 2.19 bits per heavy atom. The monoisotopic (exact) mass is 348 g/mol. The Morgan fingerprint density at radius 2 is 1.52 bits per heavy atom. The quantitative estimate of drug-likeness (QED) is 0.410. The first kappa shape index (κ1) is 15.5. The lowest BCUT2D eigenvalue weighted by molar-refractivity contribution is -0.537. The average molecular weight is 348 g/mol. The van der Waals surface area contributed by atoms with Crippen LogP contribution in [0.5, 0.6) is 0 Å². The Bertz CT molecular complexity index is 1270. The molecule has 0 atom stereocenters. The predicted octanol–water partition coefficient (Wildman–Crippen LogP) is 5.21. The molecule has 5 rings (SSSR count). The lowest BCUT2D eigenvalue weighted by Crippen LogP contribution is -2.24. The summed E-state index contributed by atoms with van der Waals surface area (Å²) in [5, 5.41) is 1.13. The normalized spacial score (nSPS) is 11.1. The third-order valence-electron chi connectivity index (χ3n) is 4.97. The second-order valence-electron chi connectivity index (χ2n) is 6.46. The summed E-state index contributed by atoms with van der Waals surface area (Å²) in [6.45, 7) is 4.01. The summed E-state index contributed by atoms with van der Waals surface area (Å²) in [5.41, 5.74) is 6.92. The second kappa shape index (κ2) is 6.22. The van der Waals surface area contributed by atoms with E-state index in [1.54, 1.807) is 0 Å². The zero-order chi connectivity index (χ0) is 18.2. The molecule has 3 heterocycles. The Labute approximate surface area is 157 Å². The lowest BCUT2D eigenvalue weighted by atomic mass is 9.92. The molecule has 3 aromatic heterocycles. The minimum atomic E-state index is 1.09. The zero-order valence-corrected chi connectivity index (χ0v) is 14.8. The molecule has 5 aromatic rings. The SMILES string of the molecule is C=C[n+]1ccn2c3ccncc3c(-c3ccccc3)c(-c3ccccc3)c21. The number of hydrogen-bond donors (Lipinski definition) is 0. The van der Waals surface area contributed by atoms with E-state index >= 15 is 0 Å². The van der Waals surface area contributed by atoms with Crippen molar-refractivity contribution in [2.75, 3.05) is 0 Å². The number of rotatable bonds is 3. The highest BCUT2D eigenvalue weighted by atomic mass is 15.1. The summed E-state index contributed by atoms with van der Waals surface area (Å²) in [5.74, 6) is 0. The molecule has 27 heavy (non-hydrogen) atoms. The van der Waals surface area contributed by atoms with E-state index in [4.69, 9.17) is 0 Å². The van der Waals surface area contributed by atoms with E-state index in [0.717, 1.165) is 16.6 Å². The third-order valence-corrected chi connectivity index (χ3v) is 4.97. The van der Waals surface area contributed by atoms with Gasteiger partial charge in [0.25, 0.3) is 5.65 Å². The van der Waals surface area contributed by atoms with E-state index in [9.17, 15) is 0 Å². The molecule has 0 N–H and O–H groups in total. The Morgan fingerprint density at radius 1 is 0.852 bits per heavy atom. The molecular weight excluding hydrogens is 330 g/mol. The smallest absolute Gasteiger partial charge is 0.264 e. The lowest BCUT2D eigenvalue weighted by Gasteiger charge is -2.13. The van der Waals surface area contributed by atoms with Crippen molar-refractivity contribution in [1.82, 2.24) is 9.38 Å². The van der Waals surface area contributed by atoms with Crippen LogP contribution in [-0.2, 0) is 0 Å². The van der Waals surface area contributed by atoms with Gasteiger partial charge < -0.3 is 0 Å². The van der Waals surface area contributed by atoms with Gasteiger partial charge >= 0.3 is 0 Å². The molecule has 2 aromatic carbocycles. The fourth-order valence-corrected chi connectivity index (χ4v) is 3.81. The molecule has 128 valence electrons. The summed E-state index contributed by atoms with van der Waals surface area (Å²) in [4.78, 5) is 4.43. The molecule has 0 radical (unpaired) electrons. The fraction of sp³-hybridized carbons (Fsp3) is 0. The van der Waals surface area contributed by atoms with Crippen molar-refractivity contribution in [3.8, 4) is 22.3 Å². The molecule has 3 heteroatoms. The minimum Gasteiger partial charge on any atom is -0.264 e. The second-order valence-corrected chi connectivity index (χ2v) is 6.46. The van der Waals surface area contributed by atoms with Crippen LogP contribution in [0.4, 0.5) is 0 Å². The Balaban J connectivity index is 2.08. The molecule has 0 aliphatic carbocycles. The highest BCUT2D eigenvalue weighted by Gasteiger charge is 2.24. The summed E-state index contributed by atoms with van der Waals surface area (Å²) < 4.78 is 4.29. The van der Waals surface area contributed by atoms with Gasteiger partial charge in [0.05, 0.1) is 11.8 Å². The van der Waals surface area contributed by atoms with Crippen LogP contribution in [-0.4, -0.2) is 9.38 Å². The van der Waals surface area contributed by atoms with Gasteiger partial charge in [0.2, 0.25) is 0 Å². The molecule has 0 bridgehead atoms. The maximum atomic E-state index is 4.43. The standard InChI is InChI=1S/C24H18N3/c1-2-26-15-16-27-21-13-14-25-17-20(21)22(18-9-5-3-6-10-18)23(24(26)27)19-11-7-4-8-12-19/h2-17H,1H2/q+1. The molecule has 0 saturated carbocycles. The molecule has 0 spiro atoms. The van der Waals surface area contributed by atoms with Crippen molar-refractivity contribution in [2.24, 2.45) is 0 Å². The summed E-state index contributed by atoms with van der Waals surface area (Å²) >= 11 is 0. The van der Waals surface area contributed by atoms with Crippen LogP contribution in [0.25, 0.3) is 45.0 Å². The minimum absolute atomic E-state index is 1.09. The van der Waals surface area contributed by atoms with Crippen molar-refractivity contribution >= 4 is 22.8 Å². The van der Waals surface area contributed by atoms with E-state index < -0.39 is 0 Å². The Kier molecular flexibility index (Phi) is 3.58. The molecule has 0 aliphatic rings. The number of imidazole rings is 1. The predicted molar refractivity (Wildman–Crippen MR) is 110 cm³/mol. The Hall–Kier alpha value is -3.72. The summed E-state index contributed by atoms with van der Waals surface area (Å²) in [7, 11) is 0. The number of hydrogen-bond acceptors (Lipinski definition) is 1. The maximum Gasteiger partial charge on any atom is 0.300 e. The van der Waals surface area contributed by atoms with Gasteiger partial charge in [-0.1, -0.05) is 67.2 Å². The maximum absolute atomic E-state index is 4.43. The van der Waals surface area contributed by atoms with Gasteiger partial charge in [0.1, 0.15) is 17.9 Å². The first-order chi connectivity index (χ1) is 13.4. The number of nitrogens with zero attached hydrogens (tertiary/aromatic N) is 3. The van der Waals surface area contributed by atoms with E-state index in [1.165, 1.54) is 22.3 Å². The van der Waals surface area contributed by atoms with Crippen molar-refractivity contribution in [1.29, 1.82) is 0 Å².